The van der Waals surface area contributed by atoms with Gasteiger partial charge in [-0.25, -0.2) is 22.2 Å². The van der Waals surface area contributed by atoms with Crippen LogP contribution in [0.3, 0.4) is 0 Å². The van der Waals surface area contributed by atoms with E-state index in [1.54, 1.807) is 12.1 Å². The second-order valence-electron chi connectivity index (χ2n) is 7.76. The molecule has 34 heavy (non-hydrogen) atoms. The van der Waals surface area contributed by atoms with Crippen molar-refractivity contribution in [1.82, 2.24) is 9.88 Å². The fourth-order valence-corrected chi connectivity index (χ4v) is 5.64. The van der Waals surface area contributed by atoms with Crippen LogP contribution in [0, 0.1) is 11.6 Å². The molecule has 0 saturated carbocycles. The molecule has 1 fully saturated rings. The first kappa shape index (κ1) is 26.4. The van der Waals surface area contributed by atoms with Gasteiger partial charge in [-0.15, -0.1) is 12.4 Å². The Hall–Kier alpha value is -2.18. The molecule has 0 aliphatic carbocycles. The number of rotatable bonds is 7. The summed E-state index contributed by atoms with van der Waals surface area (Å²) in [4.78, 5) is 21.3. The van der Waals surface area contributed by atoms with E-state index < -0.39 is 27.4 Å². The van der Waals surface area contributed by atoms with Crippen LogP contribution < -0.4 is 4.90 Å². The Labute approximate surface area is 206 Å². The van der Waals surface area contributed by atoms with Gasteiger partial charge in [-0.2, -0.15) is 0 Å². The maximum atomic E-state index is 14.3. The highest BCUT2D eigenvalue weighted by Crippen LogP contribution is 2.32. The number of morpholine rings is 1. The van der Waals surface area contributed by atoms with Crippen LogP contribution >= 0.6 is 23.7 Å². The Balaban J connectivity index is 0.00000324. The summed E-state index contributed by atoms with van der Waals surface area (Å²) < 4.78 is 58.1. The molecule has 184 valence electrons. The molecule has 2 aromatic carbocycles. The highest BCUT2D eigenvalue weighted by Gasteiger charge is 2.27. The van der Waals surface area contributed by atoms with Crippen LogP contribution in [0.2, 0.25) is 0 Å². The third kappa shape index (κ3) is 5.89. The van der Waals surface area contributed by atoms with Crippen LogP contribution in [0.25, 0.3) is 10.2 Å². The van der Waals surface area contributed by atoms with Crippen molar-refractivity contribution in [2.75, 3.05) is 50.5 Å². The van der Waals surface area contributed by atoms with E-state index in [-0.39, 0.29) is 44.8 Å². The predicted octanol–water partition coefficient (Wildman–Crippen LogP) is 3.77. The molecule has 1 aliphatic heterocycles. The zero-order valence-electron chi connectivity index (χ0n) is 18.4. The number of anilines is 1. The van der Waals surface area contributed by atoms with Gasteiger partial charge in [-0.3, -0.25) is 14.6 Å². The smallest absolute Gasteiger partial charge is 0.261 e. The first-order valence-electron chi connectivity index (χ1n) is 10.4. The number of amides is 1. The zero-order valence-corrected chi connectivity index (χ0v) is 20.8. The van der Waals surface area contributed by atoms with Crippen LogP contribution in [-0.2, 0) is 14.6 Å². The summed E-state index contributed by atoms with van der Waals surface area (Å²) in [5, 5.41) is 0.185. The van der Waals surface area contributed by atoms with Gasteiger partial charge >= 0.3 is 0 Å². The Kier molecular flexibility index (Phi) is 8.58. The number of thiazole rings is 1. The number of halogens is 3. The Morgan fingerprint density at radius 3 is 2.62 bits per heavy atom. The van der Waals surface area contributed by atoms with Gasteiger partial charge in [0.05, 0.1) is 28.4 Å². The first-order chi connectivity index (χ1) is 15.7. The molecule has 0 unspecified atom stereocenters. The molecule has 0 radical (unpaired) electrons. The maximum absolute atomic E-state index is 14.3. The van der Waals surface area contributed by atoms with E-state index in [9.17, 15) is 22.0 Å². The third-order valence-corrected chi connectivity index (χ3v) is 7.53. The standard InChI is InChI=1S/C22H23F2N3O4S2.ClH/c1-33(29,30)19-6-3-2-5-16(19)21(28)27(8-4-7-26-9-11-31-12-10-26)22-25-20-17(24)13-15(23)14-18(20)32-22;/h2-3,5-6,13-14H,4,7-12H2,1H3;1H. The minimum absolute atomic E-state index is 0. The van der Waals surface area contributed by atoms with Gasteiger partial charge in [0, 0.05) is 38.5 Å². The molecule has 1 aliphatic rings. The van der Waals surface area contributed by atoms with E-state index in [0.717, 1.165) is 36.7 Å². The van der Waals surface area contributed by atoms with E-state index in [1.807, 2.05) is 0 Å². The molecule has 2 heterocycles. The van der Waals surface area contributed by atoms with Crippen LogP contribution in [0.4, 0.5) is 13.9 Å². The van der Waals surface area contributed by atoms with Crippen molar-refractivity contribution < 1.29 is 26.7 Å². The van der Waals surface area contributed by atoms with E-state index in [0.29, 0.717) is 26.2 Å². The number of nitrogens with zero attached hydrogens (tertiary/aromatic N) is 3. The highest BCUT2D eigenvalue weighted by molar-refractivity contribution is 7.90. The number of sulfone groups is 1. The number of fused-ring (bicyclic) bond motifs is 1. The molecule has 0 bridgehead atoms. The number of hydrogen-bond donors (Lipinski definition) is 0. The Morgan fingerprint density at radius 1 is 1.21 bits per heavy atom. The van der Waals surface area contributed by atoms with E-state index >= 15 is 0 Å². The van der Waals surface area contributed by atoms with Gasteiger partial charge in [0.25, 0.3) is 5.91 Å². The van der Waals surface area contributed by atoms with Gasteiger partial charge in [0.1, 0.15) is 11.3 Å². The van der Waals surface area contributed by atoms with Crippen LogP contribution in [0.15, 0.2) is 41.3 Å². The molecule has 12 heteroatoms. The molecule has 1 amide bonds. The molecule has 1 aromatic heterocycles. The summed E-state index contributed by atoms with van der Waals surface area (Å²) in [5.41, 5.74) is -0.0175. The summed E-state index contributed by atoms with van der Waals surface area (Å²) in [5.74, 6) is -2.11. The fourth-order valence-electron chi connectivity index (χ4n) is 3.73. The SMILES string of the molecule is CS(=O)(=O)c1ccccc1C(=O)N(CCCN1CCOCC1)c1nc2c(F)cc(F)cc2s1.Cl. The Morgan fingerprint density at radius 2 is 1.91 bits per heavy atom. The van der Waals surface area contributed by atoms with E-state index in [1.165, 1.54) is 23.1 Å². The van der Waals surface area contributed by atoms with Crippen molar-refractivity contribution in [2.45, 2.75) is 11.3 Å². The Bertz CT molecular complexity index is 1280. The summed E-state index contributed by atoms with van der Waals surface area (Å²) in [6.45, 7) is 3.81. The lowest BCUT2D eigenvalue weighted by molar-refractivity contribution is 0.0376. The number of benzene rings is 2. The zero-order chi connectivity index (χ0) is 23.6. The minimum Gasteiger partial charge on any atom is -0.379 e. The lowest BCUT2D eigenvalue weighted by Gasteiger charge is -2.28. The fraction of sp³-hybridized carbons (Fsp3) is 0.364. The van der Waals surface area contributed by atoms with Crippen molar-refractivity contribution >= 4 is 54.8 Å². The minimum atomic E-state index is -3.67. The summed E-state index contributed by atoms with van der Waals surface area (Å²) >= 11 is 0.987. The van der Waals surface area contributed by atoms with Crippen LogP contribution in [0.1, 0.15) is 16.8 Å². The molecule has 1 saturated heterocycles. The molecule has 7 nitrogen and oxygen atoms in total. The largest absolute Gasteiger partial charge is 0.379 e. The second-order valence-corrected chi connectivity index (χ2v) is 10.8. The van der Waals surface area contributed by atoms with Gasteiger partial charge in [-0.1, -0.05) is 23.5 Å². The molecule has 0 spiro atoms. The molecule has 0 atom stereocenters. The highest BCUT2D eigenvalue weighted by atomic mass is 35.5. The third-order valence-electron chi connectivity index (χ3n) is 5.35. The maximum Gasteiger partial charge on any atom is 0.261 e. The number of ether oxygens (including phenoxy) is 1. The van der Waals surface area contributed by atoms with Crippen LogP contribution in [-0.4, -0.2) is 69.9 Å². The second kappa shape index (κ2) is 11.0. The van der Waals surface area contributed by atoms with E-state index in [4.69, 9.17) is 4.74 Å². The molecular formula is C22H24ClF2N3O4S2. The molecule has 4 rings (SSSR count). The molecule has 3 aromatic rings. The van der Waals surface area contributed by atoms with Gasteiger partial charge < -0.3 is 4.74 Å². The van der Waals surface area contributed by atoms with Crippen molar-refractivity contribution in [1.29, 1.82) is 0 Å². The topological polar surface area (TPSA) is 79.8 Å². The van der Waals surface area contributed by atoms with Gasteiger partial charge in [0.15, 0.2) is 20.8 Å². The summed E-state index contributed by atoms with van der Waals surface area (Å²) in [6.07, 6.45) is 1.62. The van der Waals surface area contributed by atoms with Crippen molar-refractivity contribution in [3.05, 3.63) is 53.6 Å². The molecule has 0 N–H and O–H groups in total. The quantitative estimate of drug-likeness (QED) is 0.462. The van der Waals surface area contributed by atoms with E-state index in [2.05, 4.69) is 9.88 Å². The summed E-state index contributed by atoms with van der Waals surface area (Å²) in [7, 11) is -3.67. The first-order valence-corrected chi connectivity index (χ1v) is 13.1. The van der Waals surface area contributed by atoms with Gasteiger partial charge in [-0.05, 0) is 24.6 Å². The average Bonchev–Trinajstić information content (AvgIpc) is 3.20. The van der Waals surface area contributed by atoms with Crippen molar-refractivity contribution in [2.24, 2.45) is 0 Å². The monoisotopic (exact) mass is 531 g/mol. The average molecular weight is 532 g/mol. The van der Waals surface area contributed by atoms with Crippen LogP contribution in [0.5, 0.6) is 0 Å². The number of carbonyl (C=O) groups excluding carboxylic acids is 1. The number of aromatic nitrogens is 1. The molecular weight excluding hydrogens is 508 g/mol. The normalized spacial score (nSPS) is 14.7. The number of hydrogen-bond acceptors (Lipinski definition) is 7. The van der Waals surface area contributed by atoms with Crippen molar-refractivity contribution in [3.8, 4) is 0 Å². The lowest BCUT2D eigenvalue weighted by Crippen LogP contribution is -2.39. The van der Waals surface area contributed by atoms with Gasteiger partial charge in [0.2, 0.25) is 0 Å². The predicted molar refractivity (Wildman–Crippen MR) is 130 cm³/mol. The summed E-state index contributed by atoms with van der Waals surface area (Å²) in [6, 6.07) is 7.87. The lowest BCUT2D eigenvalue weighted by atomic mass is 10.2. The van der Waals surface area contributed by atoms with Crippen molar-refractivity contribution in [3.63, 3.8) is 0 Å². The number of carbonyl (C=O) groups is 1.